The molecule has 0 unspecified atom stereocenters. The molecule has 2 N–H and O–H groups in total. The van der Waals surface area contributed by atoms with E-state index in [2.05, 4.69) is 15.9 Å². The lowest BCUT2D eigenvalue weighted by Crippen LogP contribution is -2.07. The minimum absolute atomic E-state index is 0.186. The van der Waals surface area contributed by atoms with Crippen LogP contribution in [0.1, 0.15) is 12.5 Å². The highest BCUT2D eigenvalue weighted by Gasteiger charge is 2.08. The molecular formula is C10H11BrClNO2. The van der Waals surface area contributed by atoms with Crippen molar-refractivity contribution in [3.05, 3.63) is 27.2 Å². The van der Waals surface area contributed by atoms with Crippen molar-refractivity contribution in [2.45, 2.75) is 13.3 Å². The zero-order valence-corrected chi connectivity index (χ0v) is 10.6. The summed E-state index contributed by atoms with van der Waals surface area (Å²) in [4.78, 5) is 11.2. The molecule has 1 rings (SSSR count). The van der Waals surface area contributed by atoms with Crippen molar-refractivity contribution in [2.75, 3.05) is 12.3 Å². The number of esters is 1. The second-order valence-electron chi connectivity index (χ2n) is 2.96. The number of nitrogen functional groups attached to an aromatic ring is 1. The van der Waals surface area contributed by atoms with Crippen molar-refractivity contribution in [1.82, 2.24) is 0 Å². The van der Waals surface area contributed by atoms with Gasteiger partial charge in [0.05, 0.1) is 22.5 Å². The summed E-state index contributed by atoms with van der Waals surface area (Å²) in [5, 5.41) is 0.495. The molecular weight excluding hydrogens is 281 g/mol. The fourth-order valence-corrected chi connectivity index (χ4v) is 1.63. The lowest BCUT2D eigenvalue weighted by molar-refractivity contribution is -0.142. The van der Waals surface area contributed by atoms with Crippen molar-refractivity contribution in [3.8, 4) is 0 Å². The minimum atomic E-state index is -0.282. The number of halogens is 2. The van der Waals surface area contributed by atoms with Gasteiger partial charge in [-0.25, -0.2) is 0 Å². The lowest BCUT2D eigenvalue weighted by Gasteiger charge is -2.06. The van der Waals surface area contributed by atoms with E-state index in [9.17, 15) is 4.79 Å². The van der Waals surface area contributed by atoms with Crippen molar-refractivity contribution >= 4 is 39.2 Å². The highest BCUT2D eigenvalue weighted by molar-refractivity contribution is 9.10. The third kappa shape index (κ3) is 3.39. The van der Waals surface area contributed by atoms with Gasteiger partial charge in [-0.1, -0.05) is 11.6 Å². The highest BCUT2D eigenvalue weighted by atomic mass is 79.9. The molecule has 3 nitrogen and oxygen atoms in total. The molecule has 0 aliphatic carbocycles. The van der Waals surface area contributed by atoms with Crippen molar-refractivity contribution in [3.63, 3.8) is 0 Å². The first-order valence-electron chi connectivity index (χ1n) is 4.43. The summed E-state index contributed by atoms with van der Waals surface area (Å²) in [6.45, 7) is 2.14. The molecule has 82 valence electrons. The van der Waals surface area contributed by atoms with Gasteiger partial charge in [0.2, 0.25) is 0 Å². The average Bonchev–Trinajstić information content (AvgIpc) is 2.14. The number of benzene rings is 1. The summed E-state index contributed by atoms with van der Waals surface area (Å²) in [7, 11) is 0. The molecule has 0 aliphatic rings. The number of carbonyl (C=O) groups excluding carboxylic acids is 1. The van der Waals surface area contributed by atoms with Gasteiger partial charge in [0.1, 0.15) is 0 Å². The van der Waals surface area contributed by atoms with Crippen LogP contribution in [0.25, 0.3) is 0 Å². The molecule has 0 aliphatic heterocycles. The molecule has 15 heavy (non-hydrogen) atoms. The largest absolute Gasteiger partial charge is 0.466 e. The molecule has 0 fully saturated rings. The summed E-state index contributed by atoms with van der Waals surface area (Å²) in [5.74, 6) is -0.282. The molecule has 0 saturated carbocycles. The SMILES string of the molecule is CCOC(=O)Cc1cc(N)c(Br)c(Cl)c1. The molecule has 0 amide bonds. The molecule has 1 aromatic carbocycles. The van der Waals surface area contributed by atoms with E-state index in [1.54, 1.807) is 19.1 Å². The van der Waals surface area contributed by atoms with Crippen LogP contribution < -0.4 is 5.73 Å². The first-order valence-corrected chi connectivity index (χ1v) is 5.60. The first kappa shape index (κ1) is 12.3. The topological polar surface area (TPSA) is 52.3 Å². The van der Waals surface area contributed by atoms with Gasteiger partial charge in [0.15, 0.2) is 0 Å². The Labute approximate surface area is 102 Å². The van der Waals surface area contributed by atoms with Crippen LogP contribution in [0, 0.1) is 0 Å². The summed E-state index contributed by atoms with van der Waals surface area (Å²) < 4.78 is 5.47. The second-order valence-corrected chi connectivity index (χ2v) is 4.16. The Balaban J connectivity index is 2.83. The quantitative estimate of drug-likeness (QED) is 0.688. The van der Waals surface area contributed by atoms with E-state index in [4.69, 9.17) is 22.1 Å². The Bertz CT molecular complexity index is 359. The van der Waals surface area contributed by atoms with Gasteiger partial charge in [0, 0.05) is 5.69 Å². The Morgan fingerprint density at radius 1 is 1.60 bits per heavy atom. The number of hydrogen-bond acceptors (Lipinski definition) is 3. The summed E-state index contributed by atoms with van der Waals surface area (Å²) >= 11 is 9.14. The van der Waals surface area contributed by atoms with E-state index in [0.717, 1.165) is 5.56 Å². The number of nitrogens with two attached hydrogens (primary N) is 1. The second kappa shape index (κ2) is 5.37. The van der Waals surface area contributed by atoms with E-state index in [1.807, 2.05) is 0 Å². The van der Waals surface area contributed by atoms with Gasteiger partial charge in [-0.3, -0.25) is 4.79 Å². The van der Waals surface area contributed by atoms with Crippen LogP contribution >= 0.6 is 27.5 Å². The van der Waals surface area contributed by atoms with E-state index in [-0.39, 0.29) is 12.4 Å². The Hall–Kier alpha value is -0.740. The molecule has 0 saturated heterocycles. The molecule has 1 aromatic rings. The number of ether oxygens (including phenoxy) is 1. The van der Waals surface area contributed by atoms with Gasteiger partial charge in [-0.05, 0) is 40.5 Å². The average molecular weight is 293 g/mol. The van der Waals surface area contributed by atoms with E-state index in [1.165, 1.54) is 0 Å². The molecule has 0 radical (unpaired) electrons. The van der Waals surface area contributed by atoms with Crippen LogP contribution in [-0.2, 0) is 16.0 Å². The molecule has 0 atom stereocenters. The predicted molar refractivity (Wildman–Crippen MR) is 63.9 cm³/mol. The molecule has 5 heteroatoms. The third-order valence-electron chi connectivity index (χ3n) is 1.77. The van der Waals surface area contributed by atoms with Gasteiger partial charge in [-0.15, -0.1) is 0 Å². The van der Waals surface area contributed by atoms with Gasteiger partial charge in [-0.2, -0.15) is 0 Å². The summed E-state index contributed by atoms with van der Waals surface area (Å²) in [6, 6.07) is 3.39. The highest BCUT2D eigenvalue weighted by Crippen LogP contribution is 2.30. The van der Waals surface area contributed by atoms with Crippen LogP contribution in [0.5, 0.6) is 0 Å². The number of anilines is 1. The molecule has 0 heterocycles. The fourth-order valence-electron chi connectivity index (χ4n) is 1.15. The minimum Gasteiger partial charge on any atom is -0.466 e. The normalized spacial score (nSPS) is 10.1. The lowest BCUT2D eigenvalue weighted by atomic mass is 10.1. The number of carbonyl (C=O) groups is 1. The van der Waals surface area contributed by atoms with Crippen molar-refractivity contribution in [1.29, 1.82) is 0 Å². The van der Waals surface area contributed by atoms with Crippen LogP contribution in [-0.4, -0.2) is 12.6 Å². The van der Waals surface area contributed by atoms with Crippen LogP contribution in [0.4, 0.5) is 5.69 Å². The van der Waals surface area contributed by atoms with Crippen LogP contribution in [0.2, 0.25) is 5.02 Å². The van der Waals surface area contributed by atoms with Crippen molar-refractivity contribution in [2.24, 2.45) is 0 Å². The Kier molecular flexibility index (Phi) is 4.42. The maximum absolute atomic E-state index is 11.2. The molecule has 0 spiro atoms. The van der Waals surface area contributed by atoms with E-state index < -0.39 is 0 Å². The van der Waals surface area contributed by atoms with Gasteiger partial charge >= 0.3 is 5.97 Å². The first-order chi connectivity index (χ1) is 7.04. The maximum Gasteiger partial charge on any atom is 0.310 e. The molecule has 0 bridgehead atoms. The van der Waals surface area contributed by atoms with E-state index in [0.29, 0.717) is 21.8 Å². The monoisotopic (exact) mass is 291 g/mol. The van der Waals surface area contributed by atoms with Crippen LogP contribution in [0.3, 0.4) is 0 Å². The number of rotatable bonds is 3. The van der Waals surface area contributed by atoms with Gasteiger partial charge < -0.3 is 10.5 Å². The Morgan fingerprint density at radius 3 is 2.80 bits per heavy atom. The zero-order chi connectivity index (χ0) is 11.4. The summed E-state index contributed by atoms with van der Waals surface area (Å²) in [5.41, 5.74) is 6.95. The van der Waals surface area contributed by atoms with Crippen LogP contribution in [0.15, 0.2) is 16.6 Å². The number of hydrogen-bond donors (Lipinski definition) is 1. The van der Waals surface area contributed by atoms with Crippen molar-refractivity contribution < 1.29 is 9.53 Å². The van der Waals surface area contributed by atoms with Gasteiger partial charge in [0.25, 0.3) is 0 Å². The molecule has 0 aromatic heterocycles. The summed E-state index contributed by atoms with van der Waals surface area (Å²) in [6.07, 6.45) is 0.186. The fraction of sp³-hybridized carbons (Fsp3) is 0.300. The van der Waals surface area contributed by atoms with E-state index >= 15 is 0 Å². The smallest absolute Gasteiger partial charge is 0.310 e. The zero-order valence-electron chi connectivity index (χ0n) is 8.22. The maximum atomic E-state index is 11.2. The third-order valence-corrected chi connectivity index (χ3v) is 3.18. The standard InChI is InChI=1S/C10H11BrClNO2/c1-2-15-9(14)5-6-3-7(12)10(11)8(13)4-6/h3-4H,2,5,13H2,1H3. The predicted octanol–water partition coefficient (Wildman–Crippen LogP) is 2.79. The Morgan fingerprint density at radius 2 is 2.27 bits per heavy atom.